The highest BCUT2D eigenvalue weighted by atomic mass is 32.1. The van der Waals surface area contributed by atoms with Crippen LogP contribution in [0.15, 0.2) is 10.9 Å². The van der Waals surface area contributed by atoms with Crippen LogP contribution >= 0.6 is 11.3 Å². The van der Waals surface area contributed by atoms with Gasteiger partial charge in [0.15, 0.2) is 0 Å². The molecular weight excluding hydrogens is 186 g/mol. The average Bonchev–Trinajstić information content (AvgIpc) is 2.69. The van der Waals surface area contributed by atoms with E-state index in [1.165, 1.54) is 11.3 Å². The van der Waals surface area contributed by atoms with Crippen molar-refractivity contribution in [1.82, 2.24) is 10.3 Å². The van der Waals surface area contributed by atoms with Crippen molar-refractivity contribution >= 4 is 17.2 Å². The van der Waals surface area contributed by atoms with Gasteiger partial charge < -0.3 is 5.32 Å². The lowest BCUT2D eigenvalue weighted by Gasteiger charge is -2.06. The average molecular weight is 193 g/mol. The van der Waals surface area contributed by atoms with Crippen molar-refractivity contribution in [2.75, 3.05) is 0 Å². The number of rotatable bonds is 2. The Morgan fingerprint density at radius 2 is 2.54 bits per heavy atom. The predicted molar refractivity (Wildman–Crippen MR) is 47.2 cm³/mol. The predicted octanol–water partition coefficient (Wildman–Crippen LogP) is 0.929. The summed E-state index contributed by atoms with van der Waals surface area (Å²) in [6.45, 7) is 0. The van der Waals surface area contributed by atoms with Crippen LogP contribution in [0.2, 0.25) is 0 Å². The Morgan fingerprint density at radius 3 is 3.00 bits per heavy atom. The second-order valence-electron chi connectivity index (χ2n) is 3.02. The van der Waals surface area contributed by atoms with Gasteiger partial charge in [0.2, 0.25) is 0 Å². The van der Waals surface area contributed by atoms with Crippen LogP contribution < -0.4 is 5.32 Å². The highest BCUT2D eigenvalue weighted by Gasteiger charge is 2.44. The molecule has 1 aliphatic carbocycles. The number of hydrogen-bond donors (Lipinski definition) is 1. The maximum atomic E-state index is 11.4. The molecule has 0 saturated heterocycles. The number of thiazole rings is 1. The Kier molecular flexibility index (Phi) is 1.78. The summed E-state index contributed by atoms with van der Waals surface area (Å²) < 4.78 is 0. The minimum atomic E-state index is -0.597. The van der Waals surface area contributed by atoms with Gasteiger partial charge in [0.05, 0.1) is 11.6 Å². The number of nitrogens with one attached hydrogen (secondary N) is 1. The van der Waals surface area contributed by atoms with Gasteiger partial charge in [-0.1, -0.05) is 0 Å². The number of carbonyl (C=O) groups excluding carboxylic acids is 1. The highest BCUT2D eigenvalue weighted by molar-refractivity contribution is 7.07. The maximum Gasteiger partial charge on any atom is 0.271 e. The van der Waals surface area contributed by atoms with Crippen molar-refractivity contribution in [3.8, 4) is 6.07 Å². The van der Waals surface area contributed by atoms with Gasteiger partial charge in [0.25, 0.3) is 5.91 Å². The zero-order valence-electron chi connectivity index (χ0n) is 6.78. The maximum absolute atomic E-state index is 11.4. The van der Waals surface area contributed by atoms with Gasteiger partial charge in [-0.2, -0.15) is 5.26 Å². The fourth-order valence-electron chi connectivity index (χ4n) is 0.996. The van der Waals surface area contributed by atoms with Crippen LogP contribution in [0.5, 0.6) is 0 Å². The van der Waals surface area contributed by atoms with E-state index in [0.717, 1.165) is 12.8 Å². The Morgan fingerprint density at radius 1 is 1.77 bits per heavy atom. The van der Waals surface area contributed by atoms with Gasteiger partial charge in [0, 0.05) is 5.38 Å². The third-order valence-corrected chi connectivity index (χ3v) is 2.57. The quantitative estimate of drug-likeness (QED) is 0.759. The van der Waals surface area contributed by atoms with E-state index in [0.29, 0.717) is 5.69 Å². The lowest BCUT2D eigenvalue weighted by molar-refractivity contribution is 0.0937. The van der Waals surface area contributed by atoms with Gasteiger partial charge in [-0.15, -0.1) is 11.3 Å². The molecule has 1 aliphatic rings. The normalized spacial score (nSPS) is 17.5. The van der Waals surface area contributed by atoms with E-state index in [1.54, 1.807) is 10.9 Å². The van der Waals surface area contributed by atoms with Crippen molar-refractivity contribution < 1.29 is 4.79 Å². The van der Waals surface area contributed by atoms with E-state index < -0.39 is 5.54 Å². The molecular formula is C8H7N3OS. The molecule has 0 atom stereocenters. The second-order valence-corrected chi connectivity index (χ2v) is 3.74. The van der Waals surface area contributed by atoms with Crippen molar-refractivity contribution in [3.63, 3.8) is 0 Å². The Hall–Kier alpha value is -1.41. The topological polar surface area (TPSA) is 65.8 Å². The minimum absolute atomic E-state index is 0.250. The van der Waals surface area contributed by atoms with Crippen LogP contribution in [-0.4, -0.2) is 16.4 Å². The number of nitrogens with zero attached hydrogens (tertiary/aromatic N) is 2. The number of aromatic nitrogens is 1. The van der Waals surface area contributed by atoms with Crippen LogP contribution in [0.3, 0.4) is 0 Å². The summed E-state index contributed by atoms with van der Waals surface area (Å²) in [5.74, 6) is -0.250. The fourth-order valence-corrected chi connectivity index (χ4v) is 1.53. The van der Waals surface area contributed by atoms with E-state index in [9.17, 15) is 4.79 Å². The zero-order chi connectivity index (χ0) is 9.31. The number of hydrogen-bond acceptors (Lipinski definition) is 4. The third kappa shape index (κ3) is 1.53. The van der Waals surface area contributed by atoms with Crippen molar-refractivity contribution in [1.29, 1.82) is 5.26 Å². The molecule has 1 fully saturated rings. The number of nitriles is 1. The first-order chi connectivity index (χ1) is 6.26. The Labute approximate surface area is 79.2 Å². The van der Waals surface area contributed by atoms with E-state index in [1.807, 2.05) is 0 Å². The first-order valence-corrected chi connectivity index (χ1v) is 4.82. The van der Waals surface area contributed by atoms with Gasteiger partial charge in [-0.25, -0.2) is 4.98 Å². The molecule has 0 radical (unpaired) electrons. The first-order valence-electron chi connectivity index (χ1n) is 3.88. The van der Waals surface area contributed by atoms with Crippen LogP contribution in [0.25, 0.3) is 0 Å². The van der Waals surface area contributed by atoms with E-state index in [4.69, 9.17) is 5.26 Å². The summed E-state index contributed by atoms with van der Waals surface area (Å²) in [4.78, 5) is 15.3. The first kappa shape index (κ1) is 8.20. The lowest BCUT2D eigenvalue weighted by atomic mass is 10.3. The van der Waals surface area contributed by atoms with E-state index >= 15 is 0 Å². The highest BCUT2D eigenvalue weighted by Crippen LogP contribution is 2.34. The molecule has 0 aliphatic heterocycles. The lowest BCUT2D eigenvalue weighted by Crippen LogP contribution is -2.35. The molecule has 4 nitrogen and oxygen atoms in total. The summed E-state index contributed by atoms with van der Waals surface area (Å²) in [7, 11) is 0. The monoisotopic (exact) mass is 193 g/mol. The Balaban J connectivity index is 2.05. The number of carbonyl (C=O) groups is 1. The summed E-state index contributed by atoms with van der Waals surface area (Å²) in [6, 6.07) is 2.09. The molecule has 13 heavy (non-hydrogen) atoms. The zero-order valence-corrected chi connectivity index (χ0v) is 7.60. The summed E-state index contributed by atoms with van der Waals surface area (Å²) in [5.41, 5.74) is 1.40. The largest absolute Gasteiger partial charge is 0.332 e. The molecule has 66 valence electrons. The molecule has 1 N–H and O–H groups in total. The van der Waals surface area contributed by atoms with Gasteiger partial charge in [-0.05, 0) is 12.8 Å². The molecule has 1 aromatic rings. The number of amides is 1. The van der Waals surface area contributed by atoms with E-state index in [-0.39, 0.29) is 5.91 Å². The molecule has 0 unspecified atom stereocenters. The Bertz CT molecular complexity index is 361. The van der Waals surface area contributed by atoms with Crippen LogP contribution in [0.1, 0.15) is 23.3 Å². The molecule has 0 bridgehead atoms. The van der Waals surface area contributed by atoms with Gasteiger partial charge in [-0.3, -0.25) is 4.79 Å². The summed E-state index contributed by atoms with van der Waals surface area (Å²) in [6.07, 6.45) is 1.50. The second kappa shape index (κ2) is 2.82. The molecule has 0 spiro atoms. The molecule has 1 heterocycles. The summed E-state index contributed by atoms with van der Waals surface area (Å²) >= 11 is 1.37. The van der Waals surface area contributed by atoms with Gasteiger partial charge in [0.1, 0.15) is 11.2 Å². The molecule has 2 rings (SSSR count). The van der Waals surface area contributed by atoms with Gasteiger partial charge >= 0.3 is 0 Å². The van der Waals surface area contributed by atoms with Crippen LogP contribution in [0, 0.1) is 11.3 Å². The minimum Gasteiger partial charge on any atom is -0.332 e. The summed E-state index contributed by atoms with van der Waals surface area (Å²) in [5, 5.41) is 13.1. The van der Waals surface area contributed by atoms with Crippen LogP contribution in [0.4, 0.5) is 0 Å². The van der Waals surface area contributed by atoms with Crippen molar-refractivity contribution in [2.45, 2.75) is 18.4 Å². The standard InChI is InChI=1S/C8H7N3OS/c9-4-8(1-2-8)11-7(12)6-3-13-5-10-6/h3,5H,1-2H2,(H,11,12). The molecule has 1 aromatic heterocycles. The molecule has 5 heteroatoms. The van der Waals surface area contributed by atoms with Crippen molar-refractivity contribution in [2.24, 2.45) is 0 Å². The fraction of sp³-hybridized carbons (Fsp3) is 0.375. The SMILES string of the molecule is N#CC1(NC(=O)c2cscn2)CC1. The van der Waals surface area contributed by atoms with E-state index in [2.05, 4.69) is 16.4 Å². The third-order valence-electron chi connectivity index (χ3n) is 1.98. The molecule has 1 amide bonds. The smallest absolute Gasteiger partial charge is 0.271 e. The molecule has 1 saturated carbocycles. The van der Waals surface area contributed by atoms with Crippen molar-refractivity contribution in [3.05, 3.63) is 16.6 Å². The molecule has 0 aromatic carbocycles. The van der Waals surface area contributed by atoms with Crippen LogP contribution in [-0.2, 0) is 0 Å².